The second-order valence-electron chi connectivity index (χ2n) is 4.65. The molecule has 0 aromatic carbocycles. The van der Waals surface area contributed by atoms with Gasteiger partial charge < -0.3 is 10.1 Å². The summed E-state index contributed by atoms with van der Waals surface area (Å²) in [7, 11) is 3.49. The molecule has 1 rings (SSSR count). The molecule has 100 valence electrons. The number of hydrogen-bond acceptors (Lipinski definition) is 4. The first-order valence-corrected chi connectivity index (χ1v) is 5.75. The maximum atomic E-state index is 11.8. The van der Waals surface area contributed by atoms with E-state index in [2.05, 4.69) is 4.98 Å². The second kappa shape index (κ2) is 5.20. The van der Waals surface area contributed by atoms with Gasteiger partial charge in [0.05, 0.1) is 5.92 Å². The fourth-order valence-corrected chi connectivity index (χ4v) is 1.95. The molecule has 0 aliphatic rings. The Morgan fingerprint density at radius 3 is 2.44 bits per heavy atom. The highest BCUT2D eigenvalue weighted by Gasteiger charge is 2.18. The van der Waals surface area contributed by atoms with Crippen molar-refractivity contribution in [3.05, 3.63) is 27.4 Å². The van der Waals surface area contributed by atoms with Gasteiger partial charge in [-0.3, -0.25) is 4.79 Å². The summed E-state index contributed by atoms with van der Waals surface area (Å²) in [6, 6.07) is 0. The molecular formula is C12H19N3O3. The van der Waals surface area contributed by atoms with E-state index in [4.69, 9.17) is 5.11 Å². The topological polar surface area (TPSA) is 75.4 Å². The van der Waals surface area contributed by atoms with Crippen molar-refractivity contribution in [3.63, 3.8) is 0 Å². The minimum absolute atomic E-state index is 0.346. The Bertz CT molecular complexity index is 520. The second-order valence-corrected chi connectivity index (χ2v) is 4.65. The van der Waals surface area contributed by atoms with Crippen molar-refractivity contribution >= 4 is 5.97 Å². The summed E-state index contributed by atoms with van der Waals surface area (Å²) in [5.74, 6) is -1.35. The van der Waals surface area contributed by atoms with Gasteiger partial charge in [-0.25, -0.2) is 9.47 Å². The van der Waals surface area contributed by atoms with E-state index in [0.717, 1.165) is 11.3 Å². The molecule has 6 heteroatoms. The van der Waals surface area contributed by atoms with Gasteiger partial charge >= 0.3 is 11.7 Å². The monoisotopic (exact) mass is 253 g/mol. The summed E-state index contributed by atoms with van der Waals surface area (Å²) in [5, 5.41) is 10.6. The molecule has 1 heterocycles. The zero-order valence-electron chi connectivity index (χ0n) is 11.4. The molecule has 6 nitrogen and oxygen atoms in total. The van der Waals surface area contributed by atoms with Gasteiger partial charge in [0.15, 0.2) is 0 Å². The maximum Gasteiger partial charge on any atom is 0.366 e. The van der Waals surface area contributed by atoms with Crippen LogP contribution < -0.4 is 10.7 Å². The van der Waals surface area contributed by atoms with Crippen LogP contribution in [0.2, 0.25) is 0 Å². The lowest BCUT2D eigenvalue weighted by Crippen LogP contribution is -2.40. The van der Waals surface area contributed by atoms with Crippen LogP contribution >= 0.6 is 0 Å². The van der Waals surface area contributed by atoms with Gasteiger partial charge in [-0.05, 0) is 25.8 Å². The molecule has 1 atom stereocenters. The number of aromatic nitrogens is 2. The van der Waals surface area contributed by atoms with Gasteiger partial charge in [0.2, 0.25) is 0 Å². The first-order chi connectivity index (χ1) is 8.25. The van der Waals surface area contributed by atoms with Crippen LogP contribution in [-0.2, 0) is 11.2 Å². The average Bonchev–Trinajstić information content (AvgIpc) is 2.22. The molecule has 0 aliphatic carbocycles. The largest absolute Gasteiger partial charge is 0.481 e. The third-order valence-electron chi connectivity index (χ3n) is 2.97. The van der Waals surface area contributed by atoms with Crippen molar-refractivity contribution < 1.29 is 9.90 Å². The molecule has 1 aromatic rings. The SMILES string of the molecule is Cc1nc(=O)n(N(C)C)c(C)c1CC(C)C(=O)O. The minimum Gasteiger partial charge on any atom is -0.481 e. The molecular weight excluding hydrogens is 234 g/mol. The molecule has 1 N–H and O–H groups in total. The molecule has 0 aliphatic heterocycles. The lowest BCUT2D eigenvalue weighted by atomic mass is 9.99. The number of carboxylic acid groups (broad SMARTS) is 1. The maximum absolute atomic E-state index is 11.8. The predicted molar refractivity (Wildman–Crippen MR) is 68.5 cm³/mol. The van der Waals surface area contributed by atoms with Crippen LogP contribution in [0, 0.1) is 19.8 Å². The third-order valence-corrected chi connectivity index (χ3v) is 2.97. The molecule has 0 spiro atoms. The van der Waals surface area contributed by atoms with Gasteiger partial charge in [-0.2, -0.15) is 4.98 Å². The summed E-state index contributed by atoms with van der Waals surface area (Å²) < 4.78 is 1.44. The Balaban J connectivity index is 3.32. The number of carboxylic acids is 1. The predicted octanol–water partition coefficient (Wildman–Crippen LogP) is 0.321. The van der Waals surface area contributed by atoms with Crippen LogP contribution in [0.5, 0.6) is 0 Å². The van der Waals surface area contributed by atoms with Crippen LogP contribution in [-0.4, -0.2) is 34.8 Å². The molecule has 0 radical (unpaired) electrons. The summed E-state index contributed by atoms with van der Waals surface area (Å²) in [6.07, 6.45) is 0.369. The van der Waals surface area contributed by atoms with E-state index >= 15 is 0 Å². The lowest BCUT2D eigenvalue weighted by molar-refractivity contribution is -0.141. The van der Waals surface area contributed by atoms with Crippen molar-refractivity contribution in [2.75, 3.05) is 19.1 Å². The minimum atomic E-state index is -0.851. The number of hydrogen-bond donors (Lipinski definition) is 1. The van der Waals surface area contributed by atoms with Crippen molar-refractivity contribution in [1.82, 2.24) is 9.66 Å². The highest BCUT2D eigenvalue weighted by Crippen LogP contribution is 2.15. The number of nitrogens with zero attached hydrogens (tertiary/aromatic N) is 3. The van der Waals surface area contributed by atoms with E-state index in [0.29, 0.717) is 12.1 Å². The van der Waals surface area contributed by atoms with Gasteiger partial charge in [-0.1, -0.05) is 6.92 Å². The Morgan fingerprint density at radius 1 is 1.44 bits per heavy atom. The van der Waals surface area contributed by atoms with Crippen molar-refractivity contribution in [2.45, 2.75) is 27.2 Å². The lowest BCUT2D eigenvalue weighted by Gasteiger charge is -2.22. The van der Waals surface area contributed by atoms with Gasteiger partial charge in [-0.15, -0.1) is 0 Å². The van der Waals surface area contributed by atoms with Crippen molar-refractivity contribution in [1.29, 1.82) is 0 Å². The van der Waals surface area contributed by atoms with Crippen LogP contribution in [0.15, 0.2) is 4.79 Å². The Kier molecular flexibility index (Phi) is 4.11. The Labute approximate surface area is 106 Å². The van der Waals surface area contributed by atoms with Gasteiger partial charge in [0.25, 0.3) is 0 Å². The fraction of sp³-hybridized carbons (Fsp3) is 0.583. The van der Waals surface area contributed by atoms with E-state index < -0.39 is 11.9 Å². The zero-order valence-corrected chi connectivity index (χ0v) is 11.4. The van der Waals surface area contributed by atoms with Crippen molar-refractivity contribution in [3.8, 4) is 0 Å². The van der Waals surface area contributed by atoms with E-state index in [1.165, 1.54) is 4.68 Å². The quantitative estimate of drug-likeness (QED) is 0.836. The fourth-order valence-electron chi connectivity index (χ4n) is 1.95. The number of aryl methyl sites for hydroxylation is 1. The Hall–Kier alpha value is -1.85. The molecule has 18 heavy (non-hydrogen) atoms. The highest BCUT2D eigenvalue weighted by atomic mass is 16.4. The molecule has 1 aromatic heterocycles. The van der Waals surface area contributed by atoms with Crippen LogP contribution in [0.1, 0.15) is 23.9 Å². The molecule has 0 saturated carbocycles. The van der Waals surface area contributed by atoms with Crippen LogP contribution in [0.25, 0.3) is 0 Å². The number of rotatable bonds is 4. The summed E-state index contributed by atoms with van der Waals surface area (Å²) in [6.45, 7) is 5.19. The van der Waals surface area contributed by atoms with Crippen molar-refractivity contribution in [2.24, 2.45) is 5.92 Å². The number of carbonyl (C=O) groups is 1. The molecule has 0 bridgehead atoms. The summed E-state index contributed by atoms with van der Waals surface area (Å²) in [5.41, 5.74) is 1.81. The van der Waals surface area contributed by atoms with E-state index in [1.807, 2.05) is 0 Å². The first kappa shape index (κ1) is 14.2. The molecule has 1 unspecified atom stereocenters. The third kappa shape index (κ3) is 2.69. The summed E-state index contributed by atoms with van der Waals surface area (Å²) >= 11 is 0. The van der Waals surface area contributed by atoms with Gasteiger partial charge in [0, 0.05) is 25.5 Å². The molecule has 0 amide bonds. The van der Waals surface area contributed by atoms with Crippen LogP contribution in [0.3, 0.4) is 0 Å². The Morgan fingerprint density at radius 2 is 2.00 bits per heavy atom. The highest BCUT2D eigenvalue weighted by molar-refractivity contribution is 5.70. The van der Waals surface area contributed by atoms with E-state index in [-0.39, 0.29) is 5.69 Å². The normalized spacial score (nSPS) is 12.3. The zero-order chi connectivity index (χ0) is 14.0. The molecule has 0 fully saturated rings. The smallest absolute Gasteiger partial charge is 0.366 e. The summed E-state index contributed by atoms with van der Waals surface area (Å²) in [4.78, 5) is 26.6. The van der Waals surface area contributed by atoms with Crippen LogP contribution in [0.4, 0.5) is 0 Å². The van der Waals surface area contributed by atoms with E-state index in [1.54, 1.807) is 39.9 Å². The number of aliphatic carboxylic acids is 1. The first-order valence-electron chi connectivity index (χ1n) is 5.75. The van der Waals surface area contributed by atoms with E-state index in [9.17, 15) is 9.59 Å². The standard InChI is InChI=1S/C12H19N3O3/c1-7(11(16)17)6-10-8(2)13-12(18)15(9(10)3)14(4)5/h7H,6H2,1-5H3,(H,16,17). The average molecular weight is 253 g/mol. The van der Waals surface area contributed by atoms with Gasteiger partial charge in [0.1, 0.15) is 0 Å². The molecule has 0 saturated heterocycles.